The van der Waals surface area contributed by atoms with E-state index in [4.69, 9.17) is 5.73 Å². The first-order valence-electron chi connectivity index (χ1n) is 4.93. The molecule has 0 aliphatic carbocycles. The number of nitrogens with zero attached hydrogens (tertiary/aromatic N) is 2. The lowest BCUT2D eigenvalue weighted by molar-refractivity contribution is 0.631. The summed E-state index contributed by atoms with van der Waals surface area (Å²) in [6, 6.07) is 10.4. The van der Waals surface area contributed by atoms with Crippen molar-refractivity contribution in [2.45, 2.75) is 18.9 Å². The number of nitrogens with two attached hydrogens (primary N) is 1. The number of hydrogen-bond acceptors (Lipinski definition) is 4. The number of aromatic nitrogens is 2. The van der Waals surface area contributed by atoms with Crippen LogP contribution in [0.3, 0.4) is 0 Å². The summed E-state index contributed by atoms with van der Waals surface area (Å²) < 4.78 is 3.81. The van der Waals surface area contributed by atoms with Gasteiger partial charge in [-0.25, -0.2) is 0 Å². The first kappa shape index (κ1) is 10.3. The fourth-order valence-electron chi connectivity index (χ4n) is 1.45. The van der Waals surface area contributed by atoms with Crippen molar-refractivity contribution in [3.8, 4) is 0 Å². The minimum Gasteiger partial charge on any atom is -0.323 e. The Kier molecular flexibility index (Phi) is 3.42. The van der Waals surface area contributed by atoms with Gasteiger partial charge in [-0.1, -0.05) is 34.8 Å². The van der Waals surface area contributed by atoms with Gasteiger partial charge in [-0.3, -0.25) is 0 Å². The van der Waals surface area contributed by atoms with Crippen molar-refractivity contribution >= 4 is 11.5 Å². The van der Waals surface area contributed by atoms with Crippen LogP contribution in [-0.4, -0.2) is 9.59 Å². The van der Waals surface area contributed by atoms with Crippen molar-refractivity contribution in [1.29, 1.82) is 0 Å². The lowest BCUT2D eigenvalue weighted by Crippen LogP contribution is -2.11. The van der Waals surface area contributed by atoms with E-state index in [-0.39, 0.29) is 6.04 Å². The Morgan fingerprint density at radius 1 is 1.27 bits per heavy atom. The molecule has 1 aromatic heterocycles. The van der Waals surface area contributed by atoms with Gasteiger partial charge in [0, 0.05) is 5.38 Å². The summed E-state index contributed by atoms with van der Waals surface area (Å²) in [5, 5.41) is 5.88. The zero-order chi connectivity index (χ0) is 10.5. The topological polar surface area (TPSA) is 51.8 Å². The third-order valence-electron chi connectivity index (χ3n) is 2.34. The fraction of sp³-hybridized carbons (Fsp3) is 0.273. The van der Waals surface area contributed by atoms with Gasteiger partial charge in [0.25, 0.3) is 0 Å². The highest BCUT2D eigenvalue weighted by atomic mass is 32.1. The molecule has 78 valence electrons. The Bertz CT molecular complexity index is 385. The van der Waals surface area contributed by atoms with Gasteiger partial charge < -0.3 is 5.73 Å². The molecule has 1 unspecified atom stereocenters. The van der Waals surface area contributed by atoms with Crippen molar-refractivity contribution in [2.75, 3.05) is 0 Å². The molecule has 15 heavy (non-hydrogen) atoms. The van der Waals surface area contributed by atoms with Crippen LogP contribution in [0.1, 0.15) is 23.7 Å². The summed E-state index contributed by atoms with van der Waals surface area (Å²) in [7, 11) is 0. The molecule has 0 saturated carbocycles. The summed E-state index contributed by atoms with van der Waals surface area (Å²) in [5.74, 6) is 0. The number of hydrogen-bond donors (Lipinski definition) is 1. The predicted octanol–water partition coefficient (Wildman–Crippen LogP) is 2.17. The number of benzene rings is 1. The normalized spacial score (nSPS) is 12.6. The van der Waals surface area contributed by atoms with Crippen molar-refractivity contribution < 1.29 is 0 Å². The van der Waals surface area contributed by atoms with Gasteiger partial charge in [0.2, 0.25) is 0 Å². The average molecular weight is 219 g/mol. The third-order valence-corrected chi connectivity index (χ3v) is 2.87. The molecule has 0 radical (unpaired) electrons. The molecule has 0 spiro atoms. The standard InChI is InChI=1S/C11H13N3S/c12-10(11-8-15-14-13-11)7-6-9-4-2-1-3-5-9/h1-5,8,10H,6-7,12H2. The van der Waals surface area contributed by atoms with E-state index < -0.39 is 0 Å². The fourth-order valence-corrected chi connectivity index (χ4v) is 1.97. The van der Waals surface area contributed by atoms with E-state index in [1.165, 1.54) is 17.1 Å². The van der Waals surface area contributed by atoms with Crippen LogP contribution in [0, 0.1) is 0 Å². The Balaban J connectivity index is 1.89. The molecule has 1 heterocycles. The molecular weight excluding hydrogens is 206 g/mol. The largest absolute Gasteiger partial charge is 0.323 e. The highest BCUT2D eigenvalue weighted by Gasteiger charge is 2.08. The zero-order valence-corrected chi connectivity index (χ0v) is 9.15. The van der Waals surface area contributed by atoms with E-state index in [1.807, 2.05) is 23.6 Å². The van der Waals surface area contributed by atoms with Crippen LogP contribution >= 0.6 is 11.5 Å². The van der Waals surface area contributed by atoms with E-state index in [0.717, 1.165) is 18.5 Å². The van der Waals surface area contributed by atoms with Gasteiger partial charge in [0.05, 0.1) is 11.7 Å². The van der Waals surface area contributed by atoms with Crippen LogP contribution in [0.5, 0.6) is 0 Å². The molecule has 0 saturated heterocycles. The van der Waals surface area contributed by atoms with Crippen molar-refractivity contribution in [3.05, 3.63) is 47.0 Å². The van der Waals surface area contributed by atoms with E-state index in [9.17, 15) is 0 Å². The van der Waals surface area contributed by atoms with Gasteiger partial charge in [-0.05, 0) is 29.9 Å². The van der Waals surface area contributed by atoms with Gasteiger partial charge in [-0.15, -0.1) is 5.10 Å². The molecule has 0 aliphatic heterocycles. The molecular formula is C11H13N3S. The Labute approximate surface area is 93.1 Å². The quantitative estimate of drug-likeness (QED) is 0.857. The molecule has 0 bridgehead atoms. The first-order chi connectivity index (χ1) is 7.36. The maximum Gasteiger partial charge on any atom is 0.0922 e. The van der Waals surface area contributed by atoms with Gasteiger partial charge in [0.15, 0.2) is 0 Å². The van der Waals surface area contributed by atoms with Crippen LogP contribution in [0.4, 0.5) is 0 Å². The highest BCUT2D eigenvalue weighted by molar-refractivity contribution is 7.03. The molecule has 2 rings (SSSR count). The summed E-state index contributed by atoms with van der Waals surface area (Å²) >= 11 is 1.35. The monoisotopic (exact) mass is 219 g/mol. The lowest BCUT2D eigenvalue weighted by atomic mass is 10.0. The molecule has 4 heteroatoms. The van der Waals surface area contributed by atoms with Crippen LogP contribution < -0.4 is 5.73 Å². The second-order valence-electron chi connectivity index (χ2n) is 3.46. The molecule has 1 atom stereocenters. The average Bonchev–Trinajstić information content (AvgIpc) is 2.81. The highest BCUT2D eigenvalue weighted by Crippen LogP contribution is 2.15. The van der Waals surface area contributed by atoms with Gasteiger partial charge in [-0.2, -0.15) is 0 Å². The van der Waals surface area contributed by atoms with Crippen molar-refractivity contribution in [1.82, 2.24) is 9.59 Å². The predicted molar refractivity (Wildman–Crippen MR) is 61.6 cm³/mol. The SMILES string of the molecule is NC(CCc1ccccc1)c1csnn1. The molecule has 0 fully saturated rings. The Morgan fingerprint density at radius 2 is 2.07 bits per heavy atom. The molecule has 0 aliphatic rings. The van der Waals surface area contributed by atoms with E-state index >= 15 is 0 Å². The summed E-state index contributed by atoms with van der Waals surface area (Å²) in [6.07, 6.45) is 1.90. The minimum absolute atomic E-state index is 0.00366. The number of aryl methyl sites for hydroxylation is 1. The summed E-state index contributed by atoms with van der Waals surface area (Å²) in [6.45, 7) is 0. The summed E-state index contributed by atoms with van der Waals surface area (Å²) in [5.41, 5.74) is 8.21. The maximum absolute atomic E-state index is 5.99. The van der Waals surface area contributed by atoms with Crippen LogP contribution in [-0.2, 0) is 6.42 Å². The van der Waals surface area contributed by atoms with Gasteiger partial charge in [0.1, 0.15) is 0 Å². The second-order valence-corrected chi connectivity index (χ2v) is 4.07. The van der Waals surface area contributed by atoms with Crippen molar-refractivity contribution in [3.63, 3.8) is 0 Å². The molecule has 3 nitrogen and oxygen atoms in total. The smallest absolute Gasteiger partial charge is 0.0922 e. The van der Waals surface area contributed by atoms with Crippen LogP contribution in [0.15, 0.2) is 35.7 Å². The lowest BCUT2D eigenvalue weighted by Gasteiger charge is -2.07. The second kappa shape index (κ2) is 5.00. The van der Waals surface area contributed by atoms with E-state index in [2.05, 4.69) is 21.7 Å². The first-order valence-corrected chi connectivity index (χ1v) is 5.76. The van der Waals surface area contributed by atoms with Crippen LogP contribution in [0.2, 0.25) is 0 Å². The third kappa shape index (κ3) is 2.84. The Morgan fingerprint density at radius 3 is 2.73 bits per heavy atom. The van der Waals surface area contributed by atoms with E-state index in [1.54, 1.807) is 0 Å². The zero-order valence-electron chi connectivity index (χ0n) is 8.34. The maximum atomic E-state index is 5.99. The van der Waals surface area contributed by atoms with Crippen LogP contribution in [0.25, 0.3) is 0 Å². The molecule has 2 N–H and O–H groups in total. The molecule has 0 amide bonds. The molecule has 1 aromatic carbocycles. The minimum atomic E-state index is 0.00366. The summed E-state index contributed by atoms with van der Waals surface area (Å²) in [4.78, 5) is 0. The molecule has 2 aromatic rings. The number of rotatable bonds is 4. The van der Waals surface area contributed by atoms with Gasteiger partial charge >= 0.3 is 0 Å². The van der Waals surface area contributed by atoms with E-state index in [0.29, 0.717) is 0 Å². The van der Waals surface area contributed by atoms with Crippen molar-refractivity contribution in [2.24, 2.45) is 5.73 Å². The Hall–Kier alpha value is -1.26.